The van der Waals surface area contributed by atoms with Crippen LogP contribution in [0.5, 0.6) is 17.2 Å². The highest BCUT2D eigenvalue weighted by Crippen LogP contribution is 2.41. The van der Waals surface area contributed by atoms with E-state index >= 15 is 0 Å². The minimum atomic E-state index is -0.905. The van der Waals surface area contributed by atoms with E-state index in [1.54, 1.807) is 36.4 Å². The smallest absolute Gasteiger partial charge is 0.311 e. The summed E-state index contributed by atoms with van der Waals surface area (Å²) in [6, 6.07) is 17.7. The summed E-state index contributed by atoms with van der Waals surface area (Å²) in [5, 5.41) is 10.4. The van der Waals surface area contributed by atoms with Crippen molar-refractivity contribution in [2.75, 3.05) is 6.61 Å². The van der Waals surface area contributed by atoms with Crippen LogP contribution >= 0.6 is 23.2 Å². The lowest BCUT2D eigenvalue weighted by atomic mass is 9.93. The molecule has 0 aliphatic carbocycles. The lowest BCUT2D eigenvalue weighted by Gasteiger charge is -2.24. The van der Waals surface area contributed by atoms with Gasteiger partial charge < -0.3 is 14.6 Å². The number of ether oxygens (including phenoxy) is 2. The van der Waals surface area contributed by atoms with Gasteiger partial charge in [-0.2, -0.15) is 0 Å². The zero-order valence-corrected chi connectivity index (χ0v) is 19.2. The van der Waals surface area contributed by atoms with Gasteiger partial charge in [-0.1, -0.05) is 35.3 Å². The second-order valence-corrected chi connectivity index (χ2v) is 8.72. The number of carbonyl (C=O) groups is 2. The van der Waals surface area contributed by atoms with Gasteiger partial charge in [0.2, 0.25) is 0 Å². The molecule has 7 heteroatoms. The van der Waals surface area contributed by atoms with Crippen LogP contribution in [0.3, 0.4) is 0 Å². The standard InChI is InChI=1S/C26H22Cl2O5/c27-18-8-4-16(5-9-18)2-1-3-23(29)17-6-10-19(11-7-17)33-25-15-24-21(14-22(25)28)20(26(30)31)12-13-32-24/h4-11,14-15,20H,1-3,12-13H2,(H,30,31). The van der Waals surface area contributed by atoms with Crippen LogP contribution in [-0.4, -0.2) is 23.5 Å². The molecule has 3 aromatic rings. The Kier molecular flexibility index (Phi) is 7.21. The normalized spacial score (nSPS) is 14.8. The molecule has 4 rings (SSSR count). The largest absolute Gasteiger partial charge is 0.493 e. The van der Waals surface area contributed by atoms with E-state index in [0.717, 1.165) is 18.4 Å². The molecule has 0 spiro atoms. The summed E-state index contributed by atoms with van der Waals surface area (Å²) >= 11 is 12.2. The molecule has 1 atom stereocenters. The van der Waals surface area contributed by atoms with Crippen LogP contribution in [0.15, 0.2) is 60.7 Å². The topological polar surface area (TPSA) is 72.8 Å². The summed E-state index contributed by atoms with van der Waals surface area (Å²) in [6.07, 6.45) is 2.40. The minimum absolute atomic E-state index is 0.0652. The molecular formula is C26H22Cl2O5. The highest BCUT2D eigenvalue weighted by molar-refractivity contribution is 6.32. The van der Waals surface area contributed by atoms with E-state index in [-0.39, 0.29) is 5.78 Å². The van der Waals surface area contributed by atoms with Gasteiger partial charge in [0.05, 0.1) is 17.5 Å². The number of ketones is 1. The van der Waals surface area contributed by atoms with Crippen molar-refractivity contribution in [3.05, 3.63) is 87.4 Å². The van der Waals surface area contributed by atoms with Crippen molar-refractivity contribution in [3.8, 4) is 17.2 Å². The number of halogens is 2. The zero-order chi connectivity index (χ0) is 23.4. The average Bonchev–Trinajstić information content (AvgIpc) is 2.81. The Labute approximate surface area is 201 Å². The van der Waals surface area contributed by atoms with Gasteiger partial charge in [-0.3, -0.25) is 9.59 Å². The van der Waals surface area contributed by atoms with Gasteiger partial charge in [0.25, 0.3) is 0 Å². The number of benzene rings is 3. The number of aryl methyl sites for hydroxylation is 1. The lowest BCUT2D eigenvalue weighted by molar-refractivity contribution is -0.139. The van der Waals surface area contributed by atoms with Gasteiger partial charge in [-0.25, -0.2) is 0 Å². The fourth-order valence-electron chi connectivity index (χ4n) is 3.81. The second kappa shape index (κ2) is 10.3. The number of hydrogen-bond donors (Lipinski definition) is 1. The number of carbonyl (C=O) groups excluding carboxylic acids is 1. The van der Waals surface area contributed by atoms with Crippen molar-refractivity contribution in [2.45, 2.75) is 31.6 Å². The van der Waals surface area contributed by atoms with Crippen molar-refractivity contribution in [3.63, 3.8) is 0 Å². The third kappa shape index (κ3) is 5.67. The first-order chi connectivity index (χ1) is 15.9. The predicted octanol–water partition coefficient (Wildman–Crippen LogP) is 6.94. The van der Waals surface area contributed by atoms with Crippen LogP contribution in [0.25, 0.3) is 0 Å². The van der Waals surface area contributed by atoms with E-state index < -0.39 is 11.9 Å². The molecule has 0 saturated carbocycles. The Balaban J connectivity index is 1.38. The SMILES string of the molecule is O=C(CCCc1ccc(Cl)cc1)c1ccc(Oc2cc3c(cc2Cl)C(C(=O)O)CCO3)cc1. The Morgan fingerprint density at radius 3 is 2.45 bits per heavy atom. The van der Waals surface area contributed by atoms with Crippen LogP contribution in [0, 0.1) is 0 Å². The van der Waals surface area contributed by atoms with Crippen molar-refractivity contribution < 1.29 is 24.2 Å². The van der Waals surface area contributed by atoms with Crippen LogP contribution < -0.4 is 9.47 Å². The molecule has 0 fully saturated rings. The second-order valence-electron chi connectivity index (χ2n) is 7.88. The number of fused-ring (bicyclic) bond motifs is 1. The van der Waals surface area contributed by atoms with E-state index in [4.69, 9.17) is 32.7 Å². The maximum atomic E-state index is 12.5. The summed E-state index contributed by atoms with van der Waals surface area (Å²) in [4.78, 5) is 24.0. The van der Waals surface area contributed by atoms with E-state index in [1.807, 2.05) is 24.3 Å². The Bertz CT molecular complexity index is 1160. The van der Waals surface area contributed by atoms with Gasteiger partial charge in [0.1, 0.15) is 17.2 Å². The molecule has 0 amide bonds. The van der Waals surface area contributed by atoms with Gasteiger partial charge in [-0.05, 0) is 67.3 Å². The summed E-state index contributed by atoms with van der Waals surface area (Å²) in [5.41, 5.74) is 2.31. The number of aliphatic carboxylic acids is 1. The fraction of sp³-hybridized carbons (Fsp3) is 0.231. The number of Topliss-reactive ketones (excluding diaryl/α,β-unsaturated/α-hetero) is 1. The molecule has 0 aromatic heterocycles. The Hall–Kier alpha value is -3.02. The molecule has 0 bridgehead atoms. The quantitative estimate of drug-likeness (QED) is 0.350. The Morgan fingerprint density at radius 1 is 1.03 bits per heavy atom. The molecule has 1 heterocycles. The van der Waals surface area contributed by atoms with E-state index in [0.29, 0.717) is 57.9 Å². The molecular weight excluding hydrogens is 463 g/mol. The molecule has 1 aliphatic rings. The lowest BCUT2D eigenvalue weighted by Crippen LogP contribution is -2.20. The number of carboxylic acids is 1. The number of hydrogen-bond acceptors (Lipinski definition) is 4. The molecule has 3 aromatic carbocycles. The van der Waals surface area contributed by atoms with Gasteiger partial charge in [0, 0.05) is 28.6 Å². The van der Waals surface area contributed by atoms with Crippen LogP contribution in [0.4, 0.5) is 0 Å². The third-order valence-electron chi connectivity index (χ3n) is 5.59. The zero-order valence-electron chi connectivity index (χ0n) is 17.7. The monoisotopic (exact) mass is 484 g/mol. The molecule has 170 valence electrons. The average molecular weight is 485 g/mol. The fourth-order valence-corrected chi connectivity index (χ4v) is 4.15. The first-order valence-electron chi connectivity index (χ1n) is 10.7. The summed E-state index contributed by atoms with van der Waals surface area (Å²) < 4.78 is 11.5. The van der Waals surface area contributed by atoms with Crippen molar-refractivity contribution in [2.24, 2.45) is 0 Å². The van der Waals surface area contributed by atoms with E-state index in [9.17, 15) is 14.7 Å². The first kappa shape index (κ1) is 23.1. The van der Waals surface area contributed by atoms with Gasteiger partial charge in [0.15, 0.2) is 5.78 Å². The van der Waals surface area contributed by atoms with Crippen molar-refractivity contribution >= 4 is 35.0 Å². The van der Waals surface area contributed by atoms with Crippen molar-refractivity contribution in [1.29, 1.82) is 0 Å². The maximum Gasteiger partial charge on any atom is 0.311 e. The summed E-state index contributed by atoms with van der Waals surface area (Å²) in [5.74, 6) is -0.150. The number of carboxylic acid groups (broad SMARTS) is 1. The predicted molar refractivity (Wildman–Crippen MR) is 127 cm³/mol. The highest BCUT2D eigenvalue weighted by Gasteiger charge is 2.29. The van der Waals surface area contributed by atoms with Gasteiger partial charge in [-0.15, -0.1) is 0 Å². The molecule has 5 nitrogen and oxygen atoms in total. The van der Waals surface area contributed by atoms with Crippen molar-refractivity contribution in [1.82, 2.24) is 0 Å². The van der Waals surface area contributed by atoms with Gasteiger partial charge >= 0.3 is 5.97 Å². The highest BCUT2D eigenvalue weighted by atomic mass is 35.5. The van der Waals surface area contributed by atoms with Crippen LogP contribution in [0.2, 0.25) is 10.0 Å². The molecule has 1 N–H and O–H groups in total. The third-order valence-corrected chi connectivity index (χ3v) is 6.14. The Morgan fingerprint density at radius 2 is 1.76 bits per heavy atom. The molecule has 1 unspecified atom stereocenters. The van der Waals surface area contributed by atoms with Crippen LogP contribution in [0.1, 0.15) is 46.7 Å². The van der Waals surface area contributed by atoms with E-state index in [2.05, 4.69) is 0 Å². The molecule has 33 heavy (non-hydrogen) atoms. The number of rotatable bonds is 8. The maximum absolute atomic E-state index is 12.5. The molecule has 1 aliphatic heterocycles. The minimum Gasteiger partial charge on any atom is -0.493 e. The first-order valence-corrected chi connectivity index (χ1v) is 11.4. The molecule has 0 radical (unpaired) electrons. The molecule has 0 saturated heterocycles. The van der Waals surface area contributed by atoms with E-state index in [1.165, 1.54) is 0 Å². The van der Waals surface area contributed by atoms with Crippen LogP contribution in [-0.2, 0) is 11.2 Å². The summed E-state index contributed by atoms with van der Waals surface area (Å²) in [6.45, 7) is 0.319. The summed E-state index contributed by atoms with van der Waals surface area (Å²) in [7, 11) is 0.